The highest BCUT2D eigenvalue weighted by molar-refractivity contribution is 5.97. The van der Waals surface area contributed by atoms with E-state index in [0.29, 0.717) is 23.6 Å². The quantitative estimate of drug-likeness (QED) is 0.248. The van der Waals surface area contributed by atoms with Crippen molar-refractivity contribution < 1.29 is 19.0 Å². The van der Waals surface area contributed by atoms with Crippen molar-refractivity contribution in [2.24, 2.45) is 0 Å². The molecule has 0 bridgehead atoms. The van der Waals surface area contributed by atoms with E-state index in [-0.39, 0.29) is 11.6 Å². The molecule has 1 spiro atoms. The van der Waals surface area contributed by atoms with Crippen LogP contribution in [-0.2, 0) is 15.1 Å². The first-order valence-electron chi connectivity index (χ1n) is 14.0. The van der Waals surface area contributed by atoms with Gasteiger partial charge in [0.15, 0.2) is 5.60 Å². The third-order valence-electron chi connectivity index (χ3n) is 8.56. The van der Waals surface area contributed by atoms with Crippen LogP contribution in [0.25, 0.3) is 0 Å². The van der Waals surface area contributed by atoms with Gasteiger partial charge in [-0.05, 0) is 74.2 Å². The predicted octanol–water partition coefficient (Wildman–Crippen LogP) is 7.68. The van der Waals surface area contributed by atoms with Gasteiger partial charge < -0.3 is 24.8 Å². The Morgan fingerprint density at radius 2 is 1.70 bits per heavy atom. The lowest BCUT2D eigenvalue weighted by Gasteiger charge is -2.39. The number of anilines is 3. The summed E-state index contributed by atoms with van der Waals surface area (Å²) in [6.07, 6.45) is 3.00. The summed E-state index contributed by atoms with van der Waals surface area (Å²) in [4.78, 5) is 13.5. The van der Waals surface area contributed by atoms with Crippen LogP contribution in [0.3, 0.4) is 0 Å². The lowest BCUT2D eigenvalue weighted by Crippen LogP contribution is -2.38. The molecule has 0 saturated carbocycles. The Kier molecular flexibility index (Phi) is 5.82. The Bertz CT molecular complexity index is 1610. The number of para-hydroxylation sites is 1. The summed E-state index contributed by atoms with van der Waals surface area (Å²) in [5.74, 6) is 1.00. The van der Waals surface area contributed by atoms with Crippen molar-refractivity contribution in [3.05, 3.63) is 113 Å². The summed E-state index contributed by atoms with van der Waals surface area (Å²) in [6, 6.07) is 27.8. The number of hydrogen-bond donors (Lipinski definition) is 2. The molecule has 6 nitrogen and oxygen atoms in total. The largest absolute Gasteiger partial charge is 0.456 e. The molecule has 0 aliphatic carbocycles. The van der Waals surface area contributed by atoms with Crippen molar-refractivity contribution in [3.8, 4) is 11.5 Å². The van der Waals surface area contributed by atoms with Crippen molar-refractivity contribution >= 4 is 23.0 Å². The van der Waals surface area contributed by atoms with Crippen LogP contribution >= 0.6 is 0 Å². The number of aryl methyl sites for hydroxylation is 1. The summed E-state index contributed by atoms with van der Waals surface area (Å²) >= 11 is 0. The van der Waals surface area contributed by atoms with E-state index >= 15 is 0 Å². The first-order valence-corrected chi connectivity index (χ1v) is 14.0. The molecule has 7 rings (SSSR count). The molecule has 202 valence electrons. The molecule has 2 N–H and O–H groups in total. The second-order valence-corrected chi connectivity index (χ2v) is 10.9. The molecule has 4 aromatic carbocycles. The van der Waals surface area contributed by atoms with Gasteiger partial charge in [0.1, 0.15) is 11.5 Å². The summed E-state index contributed by atoms with van der Waals surface area (Å²) in [6.45, 7) is 5.67. The zero-order chi connectivity index (χ0) is 27.3. The number of rotatable bonds is 6. The van der Waals surface area contributed by atoms with Crippen molar-refractivity contribution in [3.63, 3.8) is 0 Å². The Labute approximate surface area is 234 Å². The highest BCUT2D eigenvalue weighted by Crippen LogP contribution is 2.59. The molecule has 4 aromatic rings. The average molecular weight is 533 g/mol. The number of fused-ring (bicyclic) bond motifs is 6. The molecule has 3 aliphatic heterocycles. The third kappa shape index (κ3) is 3.78. The number of carbonyl (C=O) groups excluding carboxylic acids is 1. The highest BCUT2D eigenvalue weighted by Gasteiger charge is 2.55. The van der Waals surface area contributed by atoms with Crippen LogP contribution < -0.4 is 15.4 Å². The number of benzene rings is 4. The maximum absolute atomic E-state index is 13.5. The first-order chi connectivity index (χ1) is 19.5. The summed E-state index contributed by atoms with van der Waals surface area (Å²) < 4.78 is 19.3. The maximum atomic E-state index is 13.5. The van der Waals surface area contributed by atoms with Crippen LogP contribution in [0.1, 0.15) is 58.8 Å². The van der Waals surface area contributed by atoms with Gasteiger partial charge in [0.2, 0.25) is 0 Å². The van der Waals surface area contributed by atoms with E-state index in [1.54, 1.807) is 0 Å². The summed E-state index contributed by atoms with van der Waals surface area (Å²) in [7, 11) is 0. The average Bonchev–Trinajstić information content (AvgIpc) is 3.57. The standard InChI is InChI=1S/C34H32N2O4/c1-3-33(17-10-18-38-33)21-35-27-15-9-16-29-31(27)34(25-14-8-7-13-24(25)32(37)40-34)26-20-28(22(2)19-30(26)39-29)36-23-11-5-4-6-12-23/h4-9,11-16,19-20,35-36H,3,10,17-18,21H2,1-2H3. The fourth-order valence-corrected chi connectivity index (χ4v) is 6.39. The minimum atomic E-state index is -1.17. The van der Waals surface area contributed by atoms with E-state index in [9.17, 15) is 4.79 Å². The summed E-state index contributed by atoms with van der Waals surface area (Å²) in [5.41, 5.74) is 5.39. The van der Waals surface area contributed by atoms with Gasteiger partial charge in [-0.3, -0.25) is 0 Å². The van der Waals surface area contributed by atoms with Crippen LogP contribution in [0, 0.1) is 6.92 Å². The highest BCUT2D eigenvalue weighted by atomic mass is 16.6. The molecule has 1 fully saturated rings. The molecular formula is C34H32N2O4. The molecule has 3 aliphatic rings. The van der Waals surface area contributed by atoms with E-state index in [4.69, 9.17) is 14.2 Å². The molecule has 1 saturated heterocycles. The Balaban J connectivity index is 1.41. The molecule has 0 aromatic heterocycles. The fourth-order valence-electron chi connectivity index (χ4n) is 6.39. The van der Waals surface area contributed by atoms with Crippen LogP contribution in [0.4, 0.5) is 17.1 Å². The lowest BCUT2D eigenvalue weighted by atomic mass is 9.76. The van der Waals surface area contributed by atoms with Crippen LogP contribution in [0.15, 0.2) is 84.9 Å². The monoisotopic (exact) mass is 532 g/mol. The van der Waals surface area contributed by atoms with Crippen molar-refractivity contribution in [1.29, 1.82) is 0 Å². The van der Waals surface area contributed by atoms with Gasteiger partial charge in [0, 0.05) is 41.3 Å². The lowest BCUT2D eigenvalue weighted by molar-refractivity contribution is 0.0118. The normalized spacial score (nSPS) is 22.2. The molecule has 3 heterocycles. The Morgan fingerprint density at radius 3 is 2.50 bits per heavy atom. The van der Waals surface area contributed by atoms with E-state index in [1.807, 2.05) is 78.9 Å². The zero-order valence-electron chi connectivity index (χ0n) is 22.8. The van der Waals surface area contributed by atoms with E-state index in [1.165, 1.54) is 0 Å². The second-order valence-electron chi connectivity index (χ2n) is 10.9. The van der Waals surface area contributed by atoms with Gasteiger partial charge in [-0.25, -0.2) is 4.79 Å². The van der Waals surface area contributed by atoms with E-state index in [2.05, 4.69) is 30.5 Å². The SMILES string of the molecule is CCC1(CNc2cccc3c2C2(OC(=O)c4ccccc42)c2cc(Nc4ccccc4)c(C)cc2O3)CCCO1. The van der Waals surface area contributed by atoms with Crippen molar-refractivity contribution in [1.82, 2.24) is 0 Å². The molecule has 0 radical (unpaired) electrons. The van der Waals surface area contributed by atoms with Gasteiger partial charge in [-0.1, -0.05) is 49.4 Å². The number of ether oxygens (including phenoxy) is 3. The van der Waals surface area contributed by atoms with Gasteiger partial charge in [0.05, 0.1) is 16.7 Å². The topological polar surface area (TPSA) is 68.8 Å². The third-order valence-corrected chi connectivity index (χ3v) is 8.56. The maximum Gasteiger partial charge on any atom is 0.340 e. The van der Waals surface area contributed by atoms with Crippen LogP contribution in [0.2, 0.25) is 0 Å². The van der Waals surface area contributed by atoms with E-state index < -0.39 is 5.60 Å². The number of esters is 1. The number of carbonyl (C=O) groups is 1. The smallest absolute Gasteiger partial charge is 0.340 e. The van der Waals surface area contributed by atoms with Crippen molar-refractivity contribution in [2.45, 2.75) is 44.3 Å². The van der Waals surface area contributed by atoms with Gasteiger partial charge in [-0.15, -0.1) is 0 Å². The van der Waals surface area contributed by atoms with Crippen LogP contribution in [0.5, 0.6) is 11.5 Å². The second kappa shape index (κ2) is 9.42. The van der Waals surface area contributed by atoms with E-state index in [0.717, 1.165) is 65.2 Å². The number of hydrogen-bond acceptors (Lipinski definition) is 6. The molecular weight excluding hydrogens is 500 g/mol. The van der Waals surface area contributed by atoms with Gasteiger partial charge in [-0.2, -0.15) is 0 Å². The van der Waals surface area contributed by atoms with Gasteiger partial charge >= 0.3 is 5.97 Å². The molecule has 2 atom stereocenters. The van der Waals surface area contributed by atoms with Crippen LogP contribution in [-0.4, -0.2) is 24.7 Å². The van der Waals surface area contributed by atoms with Gasteiger partial charge in [0.25, 0.3) is 0 Å². The fraction of sp³-hybridized carbons (Fsp3) is 0.265. The summed E-state index contributed by atoms with van der Waals surface area (Å²) in [5, 5.41) is 7.24. The Hall–Kier alpha value is -4.29. The Morgan fingerprint density at radius 1 is 0.875 bits per heavy atom. The predicted molar refractivity (Wildman–Crippen MR) is 156 cm³/mol. The molecule has 40 heavy (non-hydrogen) atoms. The first kappa shape index (κ1) is 24.7. The number of nitrogens with one attached hydrogen (secondary N) is 2. The molecule has 0 amide bonds. The zero-order valence-corrected chi connectivity index (χ0v) is 22.8. The molecule has 6 heteroatoms. The minimum absolute atomic E-state index is 0.211. The minimum Gasteiger partial charge on any atom is -0.456 e. The molecule has 2 unspecified atom stereocenters. The van der Waals surface area contributed by atoms with Crippen molar-refractivity contribution in [2.75, 3.05) is 23.8 Å².